The summed E-state index contributed by atoms with van der Waals surface area (Å²) in [7, 11) is 0. The van der Waals surface area contributed by atoms with Crippen LogP contribution in [0.3, 0.4) is 0 Å². The van der Waals surface area contributed by atoms with E-state index in [9.17, 15) is 4.79 Å². The minimum absolute atomic E-state index is 0.0772. The van der Waals surface area contributed by atoms with Crippen LogP contribution in [0.5, 0.6) is 0 Å². The number of rotatable bonds is 3. The van der Waals surface area contributed by atoms with Crippen LogP contribution in [0.25, 0.3) is 0 Å². The van der Waals surface area contributed by atoms with Gasteiger partial charge in [-0.25, -0.2) is 0 Å². The summed E-state index contributed by atoms with van der Waals surface area (Å²) in [6.07, 6.45) is 1.60. The van der Waals surface area contributed by atoms with Crippen molar-refractivity contribution in [2.75, 3.05) is 5.32 Å². The summed E-state index contributed by atoms with van der Waals surface area (Å²) in [4.78, 5) is 11.8. The molecule has 2 aromatic rings. The monoisotopic (exact) mass is 317 g/mol. The number of carbonyl (C=O) groups is 1. The molecule has 0 aliphatic carbocycles. The van der Waals surface area contributed by atoms with Gasteiger partial charge in [-0.3, -0.25) is 9.48 Å². The average Bonchev–Trinajstić information content (AvgIpc) is 2.63. The van der Waals surface area contributed by atoms with Crippen molar-refractivity contribution in [3.8, 4) is 0 Å². The van der Waals surface area contributed by atoms with Crippen molar-refractivity contribution >= 4 is 46.4 Å². The number of aryl methyl sites for hydroxylation is 1. The fraction of sp³-hybridized carbons (Fsp3) is 0.167. The van der Waals surface area contributed by atoms with Gasteiger partial charge in [0.15, 0.2) is 0 Å². The van der Waals surface area contributed by atoms with E-state index in [2.05, 4.69) is 10.4 Å². The van der Waals surface area contributed by atoms with Gasteiger partial charge in [0, 0.05) is 11.9 Å². The molecule has 1 amide bonds. The Balaban J connectivity index is 2.03. The highest BCUT2D eigenvalue weighted by molar-refractivity contribution is 6.42. The summed E-state index contributed by atoms with van der Waals surface area (Å²) in [6, 6.07) is 4.88. The summed E-state index contributed by atoms with van der Waals surface area (Å²) in [5.74, 6) is -0.224. The van der Waals surface area contributed by atoms with Gasteiger partial charge in [-0.15, -0.1) is 0 Å². The summed E-state index contributed by atoms with van der Waals surface area (Å²) in [6.45, 7) is 1.85. The third kappa shape index (κ3) is 3.62. The maximum absolute atomic E-state index is 11.8. The van der Waals surface area contributed by atoms with E-state index in [-0.39, 0.29) is 12.5 Å². The molecule has 0 saturated carbocycles. The topological polar surface area (TPSA) is 46.9 Å². The molecule has 7 heteroatoms. The van der Waals surface area contributed by atoms with Crippen molar-refractivity contribution in [3.63, 3.8) is 0 Å². The third-order valence-corrected chi connectivity index (χ3v) is 3.51. The molecule has 0 saturated heterocycles. The Bertz CT molecular complexity index is 605. The molecular weight excluding hydrogens is 309 g/mol. The Kier molecular flexibility index (Phi) is 4.34. The normalized spacial score (nSPS) is 10.5. The lowest BCUT2D eigenvalue weighted by Gasteiger charge is -2.06. The van der Waals surface area contributed by atoms with Crippen molar-refractivity contribution in [3.05, 3.63) is 45.2 Å². The first-order valence-corrected chi connectivity index (χ1v) is 6.53. The molecule has 2 rings (SSSR count). The molecule has 1 heterocycles. The Morgan fingerprint density at radius 2 is 2.00 bits per heavy atom. The van der Waals surface area contributed by atoms with Crippen LogP contribution in [-0.2, 0) is 11.3 Å². The fourth-order valence-electron chi connectivity index (χ4n) is 1.50. The maximum atomic E-state index is 11.8. The smallest absolute Gasteiger partial charge is 0.246 e. The molecule has 0 atom stereocenters. The molecule has 0 unspecified atom stereocenters. The number of carbonyl (C=O) groups excluding carboxylic acids is 1. The number of halogens is 3. The van der Waals surface area contributed by atoms with E-state index < -0.39 is 0 Å². The number of anilines is 1. The second-order valence-electron chi connectivity index (χ2n) is 3.94. The van der Waals surface area contributed by atoms with Gasteiger partial charge in [-0.1, -0.05) is 34.8 Å². The predicted octanol–water partition coefficient (Wildman–Crippen LogP) is 3.79. The lowest BCUT2D eigenvalue weighted by Crippen LogP contribution is -2.19. The number of nitrogens with zero attached hydrogens (tertiary/aromatic N) is 2. The van der Waals surface area contributed by atoms with E-state index in [1.54, 1.807) is 31.3 Å². The van der Waals surface area contributed by atoms with Gasteiger partial charge in [0.2, 0.25) is 5.91 Å². The molecule has 0 spiro atoms. The van der Waals surface area contributed by atoms with Crippen LogP contribution in [0.1, 0.15) is 5.69 Å². The quantitative estimate of drug-likeness (QED) is 0.936. The van der Waals surface area contributed by atoms with Gasteiger partial charge in [0.05, 0.1) is 20.8 Å². The van der Waals surface area contributed by atoms with Crippen LogP contribution in [0, 0.1) is 6.92 Å². The molecule has 1 aromatic carbocycles. The fourth-order valence-corrected chi connectivity index (χ4v) is 1.94. The first-order valence-electron chi connectivity index (χ1n) is 5.40. The second-order valence-corrected chi connectivity index (χ2v) is 5.16. The predicted molar refractivity (Wildman–Crippen MR) is 77.1 cm³/mol. The number of hydrogen-bond acceptors (Lipinski definition) is 2. The molecule has 19 heavy (non-hydrogen) atoms. The molecule has 4 nitrogen and oxygen atoms in total. The standard InChI is InChI=1S/C12H10Cl3N3O/c1-7-11(15)5-18(17-7)6-12(19)16-8-2-3-9(13)10(14)4-8/h2-5H,6H2,1H3,(H,16,19). The largest absolute Gasteiger partial charge is 0.324 e. The highest BCUT2D eigenvalue weighted by atomic mass is 35.5. The Morgan fingerprint density at radius 1 is 1.26 bits per heavy atom. The molecule has 0 radical (unpaired) electrons. The van der Waals surface area contributed by atoms with Crippen molar-refractivity contribution in [1.29, 1.82) is 0 Å². The zero-order valence-corrected chi connectivity index (χ0v) is 12.2. The SMILES string of the molecule is Cc1nn(CC(=O)Nc2ccc(Cl)c(Cl)c2)cc1Cl. The minimum Gasteiger partial charge on any atom is -0.324 e. The summed E-state index contributed by atoms with van der Waals surface area (Å²) >= 11 is 17.5. The van der Waals surface area contributed by atoms with E-state index in [1.807, 2.05) is 0 Å². The molecule has 0 aliphatic rings. The number of nitrogens with one attached hydrogen (secondary N) is 1. The van der Waals surface area contributed by atoms with Crippen LogP contribution in [-0.4, -0.2) is 15.7 Å². The number of hydrogen-bond donors (Lipinski definition) is 1. The van der Waals surface area contributed by atoms with Crippen LogP contribution < -0.4 is 5.32 Å². The van der Waals surface area contributed by atoms with E-state index in [0.717, 1.165) is 0 Å². The second kappa shape index (κ2) is 5.82. The summed E-state index contributed by atoms with van der Waals surface area (Å²) in [5, 5.41) is 8.16. The molecule has 1 N–H and O–H groups in total. The van der Waals surface area contributed by atoms with E-state index in [1.165, 1.54) is 4.68 Å². The number of aromatic nitrogens is 2. The van der Waals surface area contributed by atoms with Crippen molar-refractivity contribution < 1.29 is 4.79 Å². The summed E-state index contributed by atoms with van der Waals surface area (Å²) in [5.41, 5.74) is 1.26. The van der Waals surface area contributed by atoms with Crippen LogP contribution in [0.15, 0.2) is 24.4 Å². The Labute approximate surface area is 125 Å². The van der Waals surface area contributed by atoms with E-state index in [4.69, 9.17) is 34.8 Å². The van der Waals surface area contributed by atoms with E-state index >= 15 is 0 Å². The molecule has 0 fully saturated rings. The third-order valence-electron chi connectivity index (χ3n) is 2.40. The molecule has 100 valence electrons. The first kappa shape index (κ1) is 14.2. The molecule has 0 aliphatic heterocycles. The van der Waals surface area contributed by atoms with Gasteiger partial charge in [0.25, 0.3) is 0 Å². The number of amides is 1. The highest BCUT2D eigenvalue weighted by Crippen LogP contribution is 2.25. The van der Waals surface area contributed by atoms with Crippen LogP contribution in [0.4, 0.5) is 5.69 Å². The Hall–Kier alpha value is -1.23. The molecule has 1 aromatic heterocycles. The Morgan fingerprint density at radius 3 is 2.58 bits per heavy atom. The summed E-state index contributed by atoms with van der Waals surface area (Å²) < 4.78 is 1.48. The molecular formula is C12H10Cl3N3O. The minimum atomic E-state index is -0.224. The van der Waals surface area contributed by atoms with Gasteiger partial charge in [0.1, 0.15) is 6.54 Å². The van der Waals surface area contributed by atoms with Gasteiger partial charge in [-0.2, -0.15) is 5.10 Å². The van der Waals surface area contributed by atoms with Crippen LogP contribution in [0.2, 0.25) is 15.1 Å². The van der Waals surface area contributed by atoms with Gasteiger partial charge in [-0.05, 0) is 25.1 Å². The van der Waals surface area contributed by atoms with Gasteiger partial charge >= 0.3 is 0 Å². The lowest BCUT2D eigenvalue weighted by molar-refractivity contribution is -0.116. The van der Waals surface area contributed by atoms with Crippen molar-refractivity contribution in [1.82, 2.24) is 9.78 Å². The average molecular weight is 319 g/mol. The van der Waals surface area contributed by atoms with Crippen LogP contribution >= 0.6 is 34.8 Å². The van der Waals surface area contributed by atoms with E-state index in [0.29, 0.717) is 26.4 Å². The number of benzene rings is 1. The molecule has 0 bridgehead atoms. The zero-order chi connectivity index (χ0) is 14.0. The highest BCUT2D eigenvalue weighted by Gasteiger charge is 2.08. The first-order chi connectivity index (χ1) is 8.95. The maximum Gasteiger partial charge on any atom is 0.246 e. The van der Waals surface area contributed by atoms with Crippen molar-refractivity contribution in [2.45, 2.75) is 13.5 Å². The zero-order valence-electron chi connectivity index (χ0n) is 9.95. The van der Waals surface area contributed by atoms with Gasteiger partial charge < -0.3 is 5.32 Å². The lowest BCUT2D eigenvalue weighted by atomic mass is 10.3. The van der Waals surface area contributed by atoms with Crippen molar-refractivity contribution in [2.24, 2.45) is 0 Å².